The number of rotatable bonds is 15. The quantitative estimate of drug-likeness (QED) is 0.273. The third-order valence-corrected chi connectivity index (χ3v) is 4.79. The van der Waals surface area contributed by atoms with Gasteiger partial charge in [-0.25, -0.2) is 0 Å². The monoisotopic (exact) mass is 348 g/mol. The summed E-state index contributed by atoms with van der Waals surface area (Å²) in [6, 6.07) is 3.92. The molecule has 0 amide bonds. The summed E-state index contributed by atoms with van der Waals surface area (Å²) >= 11 is 0. The normalized spacial score (nSPS) is 10.7. The maximum atomic E-state index is 11.2. The molecule has 3 nitrogen and oxygen atoms in total. The SMILES string of the molecule is CCCCCCCCCCCCCc1cc(OC)c(C=O)c(OC)c1. The molecule has 0 spiro atoms. The number of benzene rings is 1. The van der Waals surface area contributed by atoms with Gasteiger partial charge in [0.1, 0.15) is 11.5 Å². The van der Waals surface area contributed by atoms with E-state index in [1.54, 1.807) is 14.2 Å². The van der Waals surface area contributed by atoms with Gasteiger partial charge >= 0.3 is 0 Å². The molecule has 0 atom stereocenters. The van der Waals surface area contributed by atoms with Crippen molar-refractivity contribution in [3.63, 3.8) is 0 Å². The molecule has 0 saturated carbocycles. The van der Waals surface area contributed by atoms with Crippen molar-refractivity contribution >= 4 is 6.29 Å². The Labute approximate surface area is 154 Å². The maximum Gasteiger partial charge on any atom is 0.157 e. The molecule has 142 valence electrons. The van der Waals surface area contributed by atoms with Crippen molar-refractivity contribution in [3.8, 4) is 11.5 Å². The number of carbonyl (C=O) groups excluding carboxylic acids is 1. The van der Waals surface area contributed by atoms with Crippen LogP contribution >= 0.6 is 0 Å². The minimum atomic E-state index is 0.493. The lowest BCUT2D eigenvalue weighted by Gasteiger charge is -2.12. The van der Waals surface area contributed by atoms with Crippen molar-refractivity contribution in [1.29, 1.82) is 0 Å². The Bertz CT molecular complexity index is 457. The van der Waals surface area contributed by atoms with Crippen LogP contribution in [0.4, 0.5) is 0 Å². The van der Waals surface area contributed by atoms with Crippen LogP contribution in [0, 0.1) is 0 Å². The highest BCUT2D eigenvalue weighted by molar-refractivity contribution is 5.84. The molecule has 0 saturated heterocycles. The van der Waals surface area contributed by atoms with Crippen LogP contribution in [-0.4, -0.2) is 20.5 Å². The average Bonchev–Trinajstić information content (AvgIpc) is 2.65. The van der Waals surface area contributed by atoms with Gasteiger partial charge < -0.3 is 9.47 Å². The number of ether oxygens (including phenoxy) is 2. The van der Waals surface area contributed by atoms with Gasteiger partial charge in [0.25, 0.3) is 0 Å². The van der Waals surface area contributed by atoms with Crippen molar-refractivity contribution in [2.24, 2.45) is 0 Å². The number of unbranched alkanes of at least 4 members (excludes halogenated alkanes) is 10. The van der Waals surface area contributed by atoms with Crippen molar-refractivity contribution in [1.82, 2.24) is 0 Å². The highest BCUT2D eigenvalue weighted by Crippen LogP contribution is 2.29. The minimum absolute atomic E-state index is 0.493. The van der Waals surface area contributed by atoms with Crippen LogP contribution in [0.2, 0.25) is 0 Å². The van der Waals surface area contributed by atoms with E-state index < -0.39 is 0 Å². The van der Waals surface area contributed by atoms with E-state index in [2.05, 4.69) is 6.92 Å². The number of aldehydes is 1. The Morgan fingerprint density at radius 3 is 1.60 bits per heavy atom. The first-order chi connectivity index (χ1) is 12.3. The largest absolute Gasteiger partial charge is 0.496 e. The molecule has 0 N–H and O–H groups in total. The van der Waals surface area contributed by atoms with Crippen LogP contribution in [-0.2, 0) is 6.42 Å². The van der Waals surface area contributed by atoms with Crippen LogP contribution in [0.25, 0.3) is 0 Å². The van der Waals surface area contributed by atoms with Gasteiger partial charge in [0.15, 0.2) is 6.29 Å². The second-order valence-electron chi connectivity index (χ2n) is 6.82. The molecule has 25 heavy (non-hydrogen) atoms. The number of hydrogen-bond acceptors (Lipinski definition) is 3. The van der Waals surface area contributed by atoms with Gasteiger partial charge in [0.2, 0.25) is 0 Å². The van der Waals surface area contributed by atoms with Gasteiger partial charge in [-0.15, -0.1) is 0 Å². The minimum Gasteiger partial charge on any atom is -0.496 e. The fraction of sp³-hybridized carbons (Fsp3) is 0.682. The van der Waals surface area contributed by atoms with Crippen LogP contribution in [0.5, 0.6) is 11.5 Å². The Kier molecular flexibility index (Phi) is 11.8. The molecule has 3 heteroatoms. The standard InChI is InChI=1S/C22H36O3/c1-4-5-6-7-8-9-10-11-12-13-14-15-19-16-21(24-2)20(18-23)22(17-19)25-3/h16-18H,4-15H2,1-3H3. The zero-order valence-corrected chi connectivity index (χ0v) is 16.4. The van der Waals surface area contributed by atoms with Gasteiger partial charge in [-0.05, 0) is 30.5 Å². The molecule has 1 aromatic carbocycles. The lowest BCUT2D eigenvalue weighted by molar-refractivity contribution is 0.111. The van der Waals surface area contributed by atoms with E-state index in [-0.39, 0.29) is 0 Å². The smallest absolute Gasteiger partial charge is 0.157 e. The molecule has 0 aliphatic rings. The number of methoxy groups -OCH3 is 2. The third-order valence-electron chi connectivity index (χ3n) is 4.79. The second-order valence-corrected chi connectivity index (χ2v) is 6.82. The summed E-state index contributed by atoms with van der Waals surface area (Å²) in [5.41, 5.74) is 1.67. The van der Waals surface area contributed by atoms with Gasteiger partial charge in [-0.1, -0.05) is 71.1 Å². The first-order valence-electron chi connectivity index (χ1n) is 9.96. The summed E-state index contributed by atoms with van der Waals surface area (Å²) in [4.78, 5) is 11.2. The second kappa shape index (κ2) is 13.7. The van der Waals surface area contributed by atoms with E-state index in [0.29, 0.717) is 17.1 Å². The summed E-state index contributed by atoms with van der Waals surface area (Å²) in [6.45, 7) is 2.27. The van der Waals surface area contributed by atoms with E-state index in [0.717, 1.165) is 12.7 Å². The Morgan fingerprint density at radius 2 is 1.20 bits per heavy atom. The molecular weight excluding hydrogens is 312 g/mol. The first kappa shape index (κ1) is 21.5. The molecule has 0 aliphatic heterocycles. The predicted octanol–water partition coefficient (Wildman–Crippen LogP) is 6.37. The molecule has 0 heterocycles. The van der Waals surface area contributed by atoms with Crippen molar-refractivity contribution < 1.29 is 14.3 Å². The number of carbonyl (C=O) groups is 1. The highest BCUT2D eigenvalue weighted by atomic mass is 16.5. The molecule has 0 aromatic heterocycles. The molecule has 1 rings (SSSR count). The summed E-state index contributed by atoms with van der Waals surface area (Å²) in [7, 11) is 3.18. The molecular formula is C22H36O3. The van der Waals surface area contributed by atoms with Crippen molar-refractivity contribution in [3.05, 3.63) is 23.3 Å². The average molecular weight is 349 g/mol. The summed E-state index contributed by atoms with van der Waals surface area (Å²) in [5.74, 6) is 1.21. The predicted molar refractivity (Wildman–Crippen MR) is 105 cm³/mol. The zero-order valence-electron chi connectivity index (χ0n) is 16.4. The number of aryl methyl sites for hydroxylation is 1. The van der Waals surface area contributed by atoms with E-state index in [4.69, 9.17) is 9.47 Å². The molecule has 0 radical (unpaired) electrons. The number of hydrogen-bond donors (Lipinski definition) is 0. The summed E-state index contributed by atoms with van der Waals surface area (Å²) in [6.07, 6.45) is 16.6. The Hall–Kier alpha value is -1.51. The lowest BCUT2D eigenvalue weighted by atomic mass is 10.0. The van der Waals surface area contributed by atoms with E-state index in [1.807, 2.05) is 12.1 Å². The van der Waals surface area contributed by atoms with Crippen LogP contribution in [0.3, 0.4) is 0 Å². The van der Waals surface area contributed by atoms with Crippen molar-refractivity contribution in [2.75, 3.05) is 14.2 Å². The summed E-state index contributed by atoms with van der Waals surface area (Å²) in [5, 5.41) is 0. The topological polar surface area (TPSA) is 35.5 Å². The van der Waals surface area contributed by atoms with Crippen LogP contribution in [0.1, 0.15) is 93.5 Å². The highest BCUT2D eigenvalue weighted by Gasteiger charge is 2.11. The Morgan fingerprint density at radius 1 is 0.760 bits per heavy atom. The fourth-order valence-corrected chi connectivity index (χ4v) is 3.25. The van der Waals surface area contributed by atoms with E-state index in [1.165, 1.54) is 76.2 Å². The van der Waals surface area contributed by atoms with E-state index in [9.17, 15) is 4.79 Å². The van der Waals surface area contributed by atoms with Crippen LogP contribution in [0.15, 0.2) is 12.1 Å². The van der Waals surface area contributed by atoms with Gasteiger partial charge in [0.05, 0.1) is 19.8 Å². The van der Waals surface area contributed by atoms with Crippen molar-refractivity contribution in [2.45, 2.75) is 84.0 Å². The molecule has 0 unspecified atom stereocenters. The van der Waals surface area contributed by atoms with Gasteiger partial charge in [-0.3, -0.25) is 4.79 Å². The Balaban J connectivity index is 2.21. The molecule has 0 aliphatic carbocycles. The molecule has 0 bridgehead atoms. The lowest BCUT2D eigenvalue weighted by Crippen LogP contribution is -1.98. The van der Waals surface area contributed by atoms with Gasteiger partial charge in [0, 0.05) is 0 Å². The van der Waals surface area contributed by atoms with Gasteiger partial charge in [-0.2, -0.15) is 0 Å². The van der Waals surface area contributed by atoms with E-state index >= 15 is 0 Å². The van der Waals surface area contributed by atoms with Crippen LogP contribution < -0.4 is 9.47 Å². The first-order valence-corrected chi connectivity index (χ1v) is 9.96. The fourth-order valence-electron chi connectivity index (χ4n) is 3.25. The zero-order chi connectivity index (χ0) is 18.3. The summed E-state index contributed by atoms with van der Waals surface area (Å²) < 4.78 is 10.6. The molecule has 1 aromatic rings. The maximum absolute atomic E-state index is 11.2. The third kappa shape index (κ3) is 8.42. The molecule has 0 fully saturated rings.